The zero-order valence-corrected chi connectivity index (χ0v) is 11.7. The second-order valence-electron chi connectivity index (χ2n) is 4.60. The Labute approximate surface area is 117 Å². The first kappa shape index (κ1) is 13.0. The highest BCUT2D eigenvalue weighted by Crippen LogP contribution is 2.30. The molecule has 2 heterocycles. The average molecular weight is 294 g/mol. The fraction of sp³-hybridized carbons (Fsp3) is 0.231. The molecule has 0 aliphatic carbocycles. The Morgan fingerprint density at radius 1 is 1.30 bits per heavy atom. The van der Waals surface area contributed by atoms with Crippen LogP contribution in [0.4, 0.5) is 14.7 Å². The van der Waals surface area contributed by atoms with Crippen molar-refractivity contribution in [2.45, 2.75) is 19.9 Å². The summed E-state index contributed by atoms with van der Waals surface area (Å²) in [6.45, 7) is 3.76. The fourth-order valence-electron chi connectivity index (χ4n) is 2.22. The smallest absolute Gasteiger partial charge is 0.201 e. The zero-order valence-electron chi connectivity index (χ0n) is 10.9. The normalized spacial score (nSPS) is 13.0. The molecule has 7 heteroatoms. The molecule has 1 aromatic carbocycles. The third-order valence-electron chi connectivity index (χ3n) is 3.12. The minimum Gasteiger partial charge on any atom is -0.369 e. The Morgan fingerprint density at radius 2 is 2.05 bits per heavy atom. The van der Waals surface area contributed by atoms with Crippen LogP contribution in [0.15, 0.2) is 17.5 Å². The standard InChI is InChI=1S/C13H12F2N4S/c1-6-5-20-12(17-6)7(2)19-10-4-8(14)3-9(15)11(10)18-13(19)16/h3-5,7H,1-2H3,(H2,16,18). The number of fused-ring (bicyclic) bond motifs is 1. The Kier molecular flexibility index (Phi) is 2.93. The summed E-state index contributed by atoms with van der Waals surface area (Å²) in [5.74, 6) is -1.23. The summed E-state index contributed by atoms with van der Waals surface area (Å²) in [6.07, 6.45) is 0. The van der Waals surface area contributed by atoms with Gasteiger partial charge in [0, 0.05) is 23.2 Å². The van der Waals surface area contributed by atoms with E-state index in [1.807, 2.05) is 19.2 Å². The molecule has 1 atom stereocenters. The molecule has 0 saturated heterocycles. The maximum atomic E-state index is 13.7. The lowest BCUT2D eigenvalue weighted by Crippen LogP contribution is -2.10. The number of hydrogen-bond acceptors (Lipinski definition) is 4. The van der Waals surface area contributed by atoms with Gasteiger partial charge in [0.05, 0.1) is 11.6 Å². The molecule has 2 N–H and O–H groups in total. The molecule has 0 amide bonds. The number of aromatic nitrogens is 3. The molecule has 2 aromatic heterocycles. The summed E-state index contributed by atoms with van der Waals surface area (Å²) < 4.78 is 28.7. The van der Waals surface area contributed by atoms with Gasteiger partial charge in [0.1, 0.15) is 16.3 Å². The third-order valence-corrected chi connectivity index (χ3v) is 4.26. The molecule has 0 aliphatic heterocycles. The zero-order chi connectivity index (χ0) is 14.4. The largest absolute Gasteiger partial charge is 0.369 e. The van der Waals surface area contributed by atoms with Crippen LogP contribution < -0.4 is 5.73 Å². The average Bonchev–Trinajstić information content (AvgIpc) is 2.92. The lowest BCUT2D eigenvalue weighted by atomic mass is 10.2. The van der Waals surface area contributed by atoms with E-state index in [2.05, 4.69) is 9.97 Å². The van der Waals surface area contributed by atoms with Gasteiger partial charge in [-0.25, -0.2) is 18.7 Å². The van der Waals surface area contributed by atoms with Crippen molar-refractivity contribution in [1.29, 1.82) is 0 Å². The van der Waals surface area contributed by atoms with Crippen LogP contribution in [0.2, 0.25) is 0 Å². The number of aryl methyl sites for hydroxylation is 1. The van der Waals surface area contributed by atoms with Gasteiger partial charge in [0.15, 0.2) is 5.82 Å². The number of imidazole rings is 1. The summed E-state index contributed by atoms with van der Waals surface area (Å²) >= 11 is 1.48. The quantitative estimate of drug-likeness (QED) is 0.789. The minimum absolute atomic E-state index is 0.0732. The van der Waals surface area contributed by atoms with Crippen molar-refractivity contribution in [2.24, 2.45) is 0 Å². The van der Waals surface area contributed by atoms with Crippen LogP contribution in [0.1, 0.15) is 23.7 Å². The van der Waals surface area contributed by atoms with Gasteiger partial charge in [-0.15, -0.1) is 11.3 Å². The highest BCUT2D eigenvalue weighted by Gasteiger charge is 2.20. The molecular formula is C13H12F2N4S. The maximum Gasteiger partial charge on any atom is 0.201 e. The van der Waals surface area contributed by atoms with Crippen LogP contribution >= 0.6 is 11.3 Å². The van der Waals surface area contributed by atoms with Crippen LogP contribution in [0, 0.1) is 18.6 Å². The molecule has 0 saturated carbocycles. The van der Waals surface area contributed by atoms with E-state index in [0.717, 1.165) is 16.8 Å². The fourth-order valence-corrected chi connectivity index (χ4v) is 3.06. The first-order valence-electron chi connectivity index (χ1n) is 6.02. The molecule has 0 bridgehead atoms. The van der Waals surface area contributed by atoms with Gasteiger partial charge in [-0.1, -0.05) is 0 Å². The number of benzene rings is 1. The van der Waals surface area contributed by atoms with E-state index in [9.17, 15) is 8.78 Å². The summed E-state index contributed by atoms with van der Waals surface area (Å²) in [6, 6.07) is 1.80. The third kappa shape index (κ3) is 1.94. The van der Waals surface area contributed by atoms with Gasteiger partial charge >= 0.3 is 0 Å². The summed E-state index contributed by atoms with van der Waals surface area (Å²) in [7, 11) is 0. The molecular weight excluding hydrogens is 282 g/mol. The predicted octanol–water partition coefficient (Wildman–Crippen LogP) is 3.27. The van der Waals surface area contributed by atoms with Crippen LogP contribution in [-0.2, 0) is 0 Å². The topological polar surface area (TPSA) is 56.7 Å². The Morgan fingerprint density at radius 3 is 2.70 bits per heavy atom. The van der Waals surface area contributed by atoms with Crippen LogP contribution in [0.3, 0.4) is 0 Å². The number of nitrogen functional groups attached to an aromatic ring is 1. The predicted molar refractivity (Wildman–Crippen MR) is 74.7 cm³/mol. The van der Waals surface area contributed by atoms with Crippen molar-refractivity contribution in [2.75, 3.05) is 5.73 Å². The van der Waals surface area contributed by atoms with Crippen LogP contribution in [-0.4, -0.2) is 14.5 Å². The second kappa shape index (κ2) is 4.52. The second-order valence-corrected chi connectivity index (χ2v) is 5.49. The molecule has 1 unspecified atom stereocenters. The van der Waals surface area contributed by atoms with E-state index in [0.29, 0.717) is 5.52 Å². The number of anilines is 1. The lowest BCUT2D eigenvalue weighted by Gasteiger charge is -2.13. The van der Waals surface area contributed by atoms with Crippen molar-refractivity contribution in [3.63, 3.8) is 0 Å². The summed E-state index contributed by atoms with van der Waals surface area (Å²) in [5.41, 5.74) is 7.16. The van der Waals surface area contributed by atoms with Crippen molar-refractivity contribution >= 4 is 28.3 Å². The van der Waals surface area contributed by atoms with Crippen molar-refractivity contribution in [1.82, 2.24) is 14.5 Å². The lowest BCUT2D eigenvalue weighted by molar-refractivity contribution is 0.588. The van der Waals surface area contributed by atoms with Crippen molar-refractivity contribution in [3.05, 3.63) is 39.8 Å². The monoisotopic (exact) mass is 294 g/mol. The molecule has 104 valence electrons. The van der Waals surface area contributed by atoms with Crippen LogP contribution in [0.5, 0.6) is 0 Å². The Hall–Kier alpha value is -2.02. The molecule has 0 radical (unpaired) electrons. The number of thiazole rings is 1. The molecule has 3 rings (SSSR count). The van der Waals surface area contributed by atoms with E-state index in [1.54, 1.807) is 4.57 Å². The van der Waals surface area contributed by atoms with E-state index in [-0.39, 0.29) is 17.5 Å². The number of halogens is 2. The number of hydrogen-bond donors (Lipinski definition) is 1. The van der Waals surface area contributed by atoms with E-state index in [1.165, 1.54) is 17.4 Å². The SMILES string of the molecule is Cc1csc(C(C)n2c(N)nc3c(F)cc(F)cc32)n1. The highest BCUT2D eigenvalue weighted by atomic mass is 32.1. The highest BCUT2D eigenvalue weighted by molar-refractivity contribution is 7.09. The summed E-state index contributed by atoms with van der Waals surface area (Å²) in [4.78, 5) is 8.37. The number of nitrogens with two attached hydrogens (primary N) is 1. The van der Waals surface area contributed by atoms with Gasteiger partial charge in [0.25, 0.3) is 0 Å². The minimum atomic E-state index is -0.715. The molecule has 0 fully saturated rings. The summed E-state index contributed by atoms with van der Waals surface area (Å²) in [5, 5.41) is 2.74. The van der Waals surface area contributed by atoms with Gasteiger partial charge < -0.3 is 10.3 Å². The molecule has 4 nitrogen and oxygen atoms in total. The van der Waals surface area contributed by atoms with Crippen molar-refractivity contribution in [3.8, 4) is 0 Å². The number of nitrogens with zero attached hydrogens (tertiary/aromatic N) is 3. The molecule has 0 spiro atoms. The van der Waals surface area contributed by atoms with Gasteiger partial charge in [-0.05, 0) is 13.8 Å². The maximum absolute atomic E-state index is 13.7. The van der Waals surface area contributed by atoms with E-state index in [4.69, 9.17) is 5.73 Å². The first-order valence-corrected chi connectivity index (χ1v) is 6.90. The van der Waals surface area contributed by atoms with E-state index < -0.39 is 11.6 Å². The van der Waals surface area contributed by atoms with Crippen molar-refractivity contribution < 1.29 is 8.78 Å². The van der Waals surface area contributed by atoms with Crippen LogP contribution in [0.25, 0.3) is 11.0 Å². The van der Waals surface area contributed by atoms with E-state index >= 15 is 0 Å². The molecule has 20 heavy (non-hydrogen) atoms. The Balaban J connectivity index is 2.23. The number of rotatable bonds is 2. The van der Waals surface area contributed by atoms with Gasteiger partial charge in [-0.2, -0.15) is 0 Å². The Bertz CT molecular complexity index is 793. The first-order chi connectivity index (χ1) is 9.47. The molecule has 3 aromatic rings. The van der Waals surface area contributed by atoms with Gasteiger partial charge in [-0.3, -0.25) is 0 Å². The van der Waals surface area contributed by atoms with Gasteiger partial charge in [0.2, 0.25) is 5.95 Å². The molecule has 0 aliphatic rings.